The predicted octanol–water partition coefficient (Wildman–Crippen LogP) is 3.37. The Balaban J connectivity index is 2.15. The van der Waals surface area contributed by atoms with E-state index in [0.29, 0.717) is 5.56 Å². The summed E-state index contributed by atoms with van der Waals surface area (Å²) in [5.41, 5.74) is 1.47. The summed E-state index contributed by atoms with van der Waals surface area (Å²) >= 11 is 4.16. The third kappa shape index (κ3) is 3.15. The number of nitro groups is 1. The van der Waals surface area contributed by atoms with Crippen molar-refractivity contribution >= 4 is 43.3 Å². The molecule has 2 aromatic rings. The molecule has 0 bridgehead atoms. The SMILES string of the molecule is Cc1ccc(C(=O)Nc2ncc([N+](=O)[O-])s2)cc1Br. The maximum atomic E-state index is 11.9. The molecule has 0 aliphatic heterocycles. The van der Waals surface area contributed by atoms with E-state index in [2.05, 4.69) is 26.2 Å². The van der Waals surface area contributed by atoms with Crippen LogP contribution in [0.5, 0.6) is 0 Å². The van der Waals surface area contributed by atoms with Gasteiger partial charge in [0.25, 0.3) is 5.91 Å². The summed E-state index contributed by atoms with van der Waals surface area (Å²) in [6.07, 6.45) is 1.12. The minimum absolute atomic E-state index is 0.111. The molecule has 1 N–H and O–H groups in total. The van der Waals surface area contributed by atoms with Crippen molar-refractivity contribution in [1.82, 2.24) is 4.98 Å². The third-order valence-electron chi connectivity index (χ3n) is 2.33. The second kappa shape index (κ2) is 5.45. The van der Waals surface area contributed by atoms with E-state index in [0.717, 1.165) is 27.6 Å². The summed E-state index contributed by atoms with van der Waals surface area (Å²) in [6, 6.07) is 5.17. The van der Waals surface area contributed by atoms with Gasteiger partial charge in [-0.25, -0.2) is 4.98 Å². The molecule has 0 aliphatic rings. The molecule has 0 spiro atoms. The van der Waals surface area contributed by atoms with E-state index in [4.69, 9.17) is 0 Å². The highest BCUT2D eigenvalue weighted by Gasteiger charge is 2.14. The molecule has 98 valence electrons. The summed E-state index contributed by atoms with van der Waals surface area (Å²) in [7, 11) is 0. The van der Waals surface area contributed by atoms with Crippen molar-refractivity contribution in [2.24, 2.45) is 0 Å². The van der Waals surface area contributed by atoms with E-state index < -0.39 is 4.92 Å². The number of rotatable bonds is 3. The Kier molecular flexibility index (Phi) is 3.91. The number of carbonyl (C=O) groups excluding carboxylic acids is 1. The molecule has 0 saturated carbocycles. The molecule has 0 unspecified atom stereocenters. The van der Waals surface area contributed by atoms with Crippen LogP contribution in [0.1, 0.15) is 15.9 Å². The fourth-order valence-corrected chi connectivity index (χ4v) is 2.32. The van der Waals surface area contributed by atoms with Crippen molar-refractivity contribution < 1.29 is 9.72 Å². The number of nitrogens with zero attached hydrogens (tertiary/aromatic N) is 2. The van der Waals surface area contributed by atoms with Crippen LogP contribution in [0.25, 0.3) is 0 Å². The van der Waals surface area contributed by atoms with E-state index in [-0.39, 0.29) is 16.0 Å². The van der Waals surface area contributed by atoms with Gasteiger partial charge in [-0.3, -0.25) is 20.2 Å². The zero-order valence-corrected chi connectivity index (χ0v) is 12.1. The largest absolute Gasteiger partial charge is 0.345 e. The molecule has 1 aromatic carbocycles. The topological polar surface area (TPSA) is 85.1 Å². The lowest BCUT2D eigenvalue weighted by molar-refractivity contribution is -0.380. The summed E-state index contributed by atoms with van der Waals surface area (Å²) < 4.78 is 0.824. The molecule has 0 fully saturated rings. The van der Waals surface area contributed by atoms with Crippen molar-refractivity contribution in [1.29, 1.82) is 0 Å². The molecule has 19 heavy (non-hydrogen) atoms. The Hall–Kier alpha value is -1.80. The van der Waals surface area contributed by atoms with Crippen LogP contribution in [-0.2, 0) is 0 Å². The highest BCUT2D eigenvalue weighted by molar-refractivity contribution is 9.10. The van der Waals surface area contributed by atoms with Gasteiger partial charge in [0.1, 0.15) is 6.20 Å². The standard InChI is InChI=1S/C11H8BrN3O3S/c1-6-2-3-7(4-8(6)12)10(16)14-11-13-5-9(19-11)15(17)18/h2-5H,1H3,(H,13,14,16). The van der Waals surface area contributed by atoms with Crippen LogP contribution in [0.15, 0.2) is 28.9 Å². The molecule has 0 radical (unpaired) electrons. The first-order valence-corrected chi connectivity index (χ1v) is 6.76. The number of aryl methyl sites for hydroxylation is 1. The van der Waals surface area contributed by atoms with Crippen LogP contribution in [0.3, 0.4) is 0 Å². The van der Waals surface area contributed by atoms with Gasteiger partial charge >= 0.3 is 5.00 Å². The predicted molar refractivity (Wildman–Crippen MR) is 75.6 cm³/mol. The lowest BCUT2D eigenvalue weighted by atomic mass is 10.1. The molecular weight excluding hydrogens is 334 g/mol. The van der Waals surface area contributed by atoms with Crippen LogP contribution in [0, 0.1) is 17.0 Å². The monoisotopic (exact) mass is 341 g/mol. The number of carbonyl (C=O) groups is 1. The third-order valence-corrected chi connectivity index (χ3v) is 4.05. The highest BCUT2D eigenvalue weighted by atomic mass is 79.9. The number of thiazole rings is 1. The molecule has 0 aliphatic carbocycles. The maximum absolute atomic E-state index is 11.9. The summed E-state index contributed by atoms with van der Waals surface area (Å²) in [5, 5.41) is 13.1. The number of anilines is 1. The van der Waals surface area contributed by atoms with Crippen LogP contribution in [-0.4, -0.2) is 15.8 Å². The summed E-state index contributed by atoms with van der Waals surface area (Å²) in [5.74, 6) is -0.357. The van der Waals surface area contributed by atoms with E-state index in [1.165, 1.54) is 0 Å². The van der Waals surface area contributed by atoms with Crippen molar-refractivity contribution in [3.05, 3.63) is 50.1 Å². The van der Waals surface area contributed by atoms with Crippen LogP contribution in [0.4, 0.5) is 10.1 Å². The highest BCUT2D eigenvalue weighted by Crippen LogP contribution is 2.25. The zero-order chi connectivity index (χ0) is 14.0. The molecule has 8 heteroatoms. The molecule has 1 heterocycles. The van der Waals surface area contributed by atoms with E-state index in [1.54, 1.807) is 12.1 Å². The van der Waals surface area contributed by atoms with Crippen LogP contribution >= 0.6 is 27.3 Å². The van der Waals surface area contributed by atoms with E-state index in [9.17, 15) is 14.9 Å². The van der Waals surface area contributed by atoms with Crippen LogP contribution in [0.2, 0.25) is 0 Å². The van der Waals surface area contributed by atoms with Gasteiger partial charge in [-0.2, -0.15) is 0 Å². The summed E-state index contributed by atoms with van der Waals surface area (Å²) in [4.78, 5) is 25.7. The second-order valence-electron chi connectivity index (χ2n) is 3.68. The van der Waals surface area contributed by atoms with E-state index >= 15 is 0 Å². The number of benzene rings is 1. The fraction of sp³-hybridized carbons (Fsp3) is 0.0909. The van der Waals surface area contributed by atoms with Gasteiger partial charge < -0.3 is 0 Å². The number of nitrogens with one attached hydrogen (secondary N) is 1. The van der Waals surface area contributed by atoms with Crippen molar-refractivity contribution in [3.8, 4) is 0 Å². The lowest BCUT2D eigenvalue weighted by Gasteiger charge is -2.03. The quantitative estimate of drug-likeness (QED) is 0.684. The average molecular weight is 342 g/mol. The Bertz CT molecular complexity index is 656. The van der Waals surface area contributed by atoms with Crippen molar-refractivity contribution in [2.75, 3.05) is 5.32 Å². The van der Waals surface area contributed by atoms with Gasteiger partial charge in [0.2, 0.25) is 0 Å². The smallest absolute Gasteiger partial charge is 0.298 e. The lowest BCUT2D eigenvalue weighted by Crippen LogP contribution is -2.11. The first-order valence-electron chi connectivity index (χ1n) is 5.15. The molecule has 0 atom stereocenters. The fourth-order valence-electron chi connectivity index (χ4n) is 1.31. The molecule has 1 amide bonds. The van der Waals surface area contributed by atoms with Gasteiger partial charge in [-0.15, -0.1) is 0 Å². The Morgan fingerprint density at radius 2 is 2.26 bits per heavy atom. The van der Waals surface area contributed by atoms with Crippen molar-refractivity contribution in [2.45, 2.75) is 6.92 Å². The van der Waals surface area contributed by atoms with E-state index in [1.807, 2.05) is 13.0 Å². The zero-order valence-electron chi connectivity index (χ0n) is 9.71. The Morgan fingerprint density at radius 1 is 1.53 bits per heavy atom. The minimum atomic E-state index is -0.546. The average Bonchev–Trinajstić information content (AvgIpc) is 2.81. The molecule has 6 nitrogen and oxygen atoms in total. The van der Waals surface area contributed by atoms with Gasteiger partial charge in [0, 0.05) is 10.0 Å². The number of amides is 1. The molecule has 1 aromatic heterocycles. The number of aromatic nitrogens is 1. The molecule has 0 saturated heterocycles. The number of halogens is 1. The first-order chi connectivity index (χ1) is 8.97. The molecular formula is C11H8BrN3O3S. The van der Waals surface area contributed by atoms with Gasteiger partial charge in [0.15, 0.2) is 5.13 Å². The second-order valence-corrected chi connectivity index (χ2v) is 5.54. The van der Waals surface area contributed by atoms with Gasteiger partial charge in [0.05, 0.1) is 4.92 Å². The maximum Gasteiger partial charge on any atom is 0.345 e. The van der Waals surface area contributed by atoms with Crippen LogP contribution < -0.4 is 5.32 Å². The summed E-state index contributed by atoms with van der Waals surface area (Å²) in [6.45, 7) is 1.91. The first kappa shape index (κ1) is 13.6. The number of hydrogen-bond donors (Lipinski definition) is 1. The van der Waals surface area contributed by atoms with Gasteiger partial charge in [-0.1, -0.05) is 22.0 Å². The normalized spacial score (nSPS) is 10.2. The van der Waals surface area contributed by atoms with Crippen molar-refractivity contribution in [3.63, 3.8) is 0 Å². The Morgan fingerprint density at radius 3 is 2.84 bits per heavy atom. The minimum Gasteiger partial charge on any atom is -0.298 e. The molecule has 2 rings (SSSR count). The number of hydrogen-bond acceptors (Lipinski definition) is 5. The Labute approximate surface area is 120 Å². The van der Waals surface area contributed by atoms with Gasteiger partial charge in [-0.05, 0) is 36.0 Å².